The predicted octanol–water partition coefficient (Wildman–Crippen LogP) is 6.09. The molecule has 0 aliphatic heterocycles. The molecule has 0 unspecified atom stereocenters. The fourth-order valence-corrected chi connectivity index (χ4v) is 4.16. The molecule has 2 N–H and O–H groups in total. The lowest BCUT2D eigenvalue weighted by Gasteiger charge is -2.11. The molecule has 0 spiro atoms. The summed E-state index contributed by atoms with van der Waals surface area (Å²) in [6, 6.07) is 13.3. The third-order valence-corrected chi connectivity index (χ3v) is 5.73. The van der Waals surface area contributed by atoms with Crippen LogP contribution in [0.15, 0.2) is 48.5 Å². The minimum atomic E-state index is -1.49. The highest BCUT2D eigenvalue weighted by Crippen LogP contribution is 2.33. The van der Waals surface area contributed by atoms with E-state index in [9.17, 15) is 18.0 Å². The molecule has 0 atom stereocenters. The molecule has 4 rings (SSSR count). The second kappa shape index (κ2) is 8.46. The van der Waals surface area contributed by atoms with Gasteiger partial charge in [-0.25, -0.2) is 13.2 Å². The van der Waals surface area contributed by atoms with E-state index in [0.717, 1.165) is 48.2 Å². The first-order valence-electron chi connectivity index (χ1n) is 10.4. The molecule has 31 heavy (non-hydrogen) atoms. The SMILES string of the molecule is CCCCCc1ccc2c3c(C(N)=O)cccc3n(Cc3ccc(F)c(F)c3F)c2c1. The lowest BCUT2D eigenvalue weighted by molar-refractivity contribution is 0.100. The summed E-state index contributed by atoms with van der Waals surface area (Å²) in [5, 5.41) is 1.49. The zero-order valence-electron chi connectivity index (χ0n) is 17.2. The van der Waals surface area contributed by atoms with Crippen molar-refractivity contribution in [1.29, 1.82) is 0 Å². The molecule has 0 radical (unpaired) electrons. The molecule has 6 heteroatoms. The fraction of sp³-hybridized carbons (Fsp3) is 0.240. The van der Waals surface area contributed by atoms with Gasteiger partial charge in [-0.2, -0.15) is 0 Å². The monoisotopic (exact) mass is 424 g/mol. The van der Waals surface area contributed by atoms with Gasteiger partial charge in [-0.1, -0.05) is 44.0 Å². The van der Waals surface area contributed by atoms with Crippen LogP contribution in [0, 0.1) is 17.5 Å². The van der Waals surface area contributed by atoms with E-state index in [2.05, 4.69) is 6.92 Å². The van der Waals surface area contributed by atoms with Crippen molar-refractivity contribution in [3.05, 3.63) is 82.7 Å². The number of aryl methyl sites for hydroxylation is 1. The Bertz CT molecular complexity index is 1290. The molecule has 1 amide bonds. The van der Waals surface area contributed by atoms with E-state index in [0.29, 0.717) is 16.5 Å². The van der Waals surface area contributed by atoms with Gasteiger partial charge in [-0.05, 0) is 42.7 Å². The minimum absolute atomic E-state index is 0.0103. The van der Waals surface area contributed by atoms with Gasteiger partial charge < -0.3 is 10.3 Å². The number of primary amides is 1. The maximum Gasteiger partial charge on any atom is 0.249 e. The van der Waals surface area contributed by atoms with Crippen LogP contribution in [0.3, 0.4) is 0 Å². The van der Waals surface area contributed by atoms with Crippen LogP contribution >= 0.6 is 0 Å². The molecule has 1 heterocycles. The maximum absolute atomic E-state index is 14.4. The lowest BCUT2D eigenvalue weighted by Crippen LogP contribution is -2.11. The third-order valence-electron chi connectivity index (χ3n) is 5.73. The number of halogens is 3. The summed E-state index contributed by atoms with van der Waals surface area (Å²) in [5.41, 5.74) is 8.59. The first-order valence-corrected chi connectivity index (χ1v) is 10.4. The van der Waals surface area contributed by atoms with Crippen molar-refractivity contribution in [2.75, 3.05) is 0 Å². The van der Waals surface area contributed by atoms with Gasteiger partial charge in [-0.3, -0.25) is 4.79 Å². The van der Waals surface area contributed by atoms with Crippen molar-refractivity contribution in [1.82, 2.24) is 4.57 Å². The highest BCUT2D eigenvalue weighted by molar-refractivity contribution is 6.18. The Morgan fingerprint density at radius 3 is 2.52 bits per heavy atom. The van der Waals surface area contributed by atoms with E-state index in [-0.39, 0.29) is 12.1 Å². The van der Waals surface area contributed by atoms with Crippen LogP contribution in [0.5, 0.6) is 0 Å². The van der Waals surface area contributed by atoms with Crippen molar-refractivity contribution in [3.8, 4) is 0 Å². The largest absolute Gasteiger partial charge is 0.366 e. The maximum atomic E-state index is 14.4. The first-order chi connectivity index (χ1) is 14.9. The van der Waals surface area contributed by atoms with Gasteiger partial charge in [0.15, 0.2) is 17.5 Å². The van der Waals surface area contributed by atoms with E-state index in [1.165, 1.54) is 6.07 Å². The number of benzene rings is 3. The number of fused-ring (bicyclic) bond motifs is 3. The molecule has 1 aromatic heterocycles. The topological polar surface area (TPSA) is 48.0 Å². The van der Waals surface area contributed by atoms with Crippen LogP contribution < -0.4 is 5.73 Å². The van der Waals surface area contributed by atoms with Crippen LogP contribution in [0.2, 0.25) is 0 Å². The summed E-state index contributed by atoms with van der Waals surface area (Å²) in [6.07, 6.45) is 4.17. The summed E-state index contributed by atoms with van der Waals surface area (Å²) in [5.74, 6) is -4.48. The van der Waals surface area contributed by atoms with Crippen LogP contribution in [-0.4, -0.2) is 10.5 Å². The average molecular weight is 424 g/mol. The number of carbonyl (C=O) groups excluding carboxylic acids is 1. The van der Waals surface area contributed by atoms with Crippen molar-refractivity contribution in [3.63, 3.8) is 0 Å². The molecule has 3 nitrogen and oxygen atoms in total. The van der Waals surface area contributed by atoms with E-state index in [1.807, 2.05) is 28.8 Å². The Kier molecular flexibility index (Phi) is 5.72. The molecule has 0 saturated carbocycles. The molecular weight excluding hydrogens is 401 g/mol. The molecule has 4 aromatic rings. The zero-order chi connectivity index (χ0) is 22.1. The standard InChI is InChI=1S/C25H23F3N2O/c1-2-3-4-6-15-9-11-17-21(13-15)30(14-16-10-12-19(26)24(28)23(16)27)20-8-5-7-18(22(17)20)25(29)31/h5,7-13H,2-4,6,14H2,1H3,(H2,29,31). The van der Waals surface area contributed by atoms with Crippen molar-refractivity contribution >= 4 is 27.7 Å². The number of nitrogens with two attached hydrogens (primary N) is 1. The second-order valence-corrected chi connectivity index (χ2v) is 7.79. The highest BCUT2D eigenvalue weighted by atomic mass is 19.2. The third kappa shape index (κ3) is 3.78. The molecule has 0 aliphatic rings. The van der Waals surface area contributed by atoms with Gasteiger partial charge in [0.1, 0.15) is 0 Å². The molecule has 160 valence electrons. The molecule has 3 aromatic carbocycles. The molecular formula is C25H23F3N2O. The smallest absolute Gasteiger partial charge is 0.249 e. The summed E-state index contributed by atoms with van der Waals surface area (Å²) in [6.45, 7) is 2.13. The Hall–Kier alpha value is -3.28. The number of rotatable bonds is 7. The summed E-state index contributed by atoms with van der Waals surface area (Å²) in [7, 11) is 0. The minimum Gasteiger partial charge on any atom is -0.366 e. The van der Waals surface area contributed by atoms with Crippen LogP contribution in [0.25, 0.3) is 21.8 Å². The van der Waals surface area contributed by atoms with E-state index in [4.69, 9.17) is 5.73 Å². The number of hydrogen-bond donors (Lipinski definition) is 1. The Morgan fingerprint density at radius 2 is 1.77 bits per heavy atom. The van der Waals surface area contributed by atoms with Crippen molar-refractivity contribution in [2.24, 2.45) is 5.73 Å². The van der Waals surface area contributed by atoms with Crippen molar-refractivity contribution < 1.29 is 18.0 Å². The first kappa shape index (κ1) is 21.0. The lowest BCUT2D eigenvalue weighted by atomic mass is 10.0. The molecule has 0 bridgehead atoms. The van der Waals surface area contributed by atoms with Crippen LogP contribution in [-0.2, 0) is 13.0 Å². The Labute approximate surface area is 178 Å². The zero-order valence-corrected chi connectivity index (χ0v) is 17.2. The number of unbranched alkanes of at least 4 members (excludes halogenated alkanes) is 2. The summed E-state index contributed by atoms with van der Waals surface area (Å²) < 4.78 is 43.5. The number of nitrogens with zero attached hydrogens (tertiary/aromatic N) is 1. The van der Waals surface area contributed by atoms with Crippen LogP contribution in [0.4, 0.5) is 13.2 Å². The number of hydrogen-bond acceptors (Lipinski definition) is 1. The molecule has 0 fully saturated rings. The average Bonchev–Trinajstić information content (AvgIpc) is 3.07. The molecule has 0 aliphatic carbocycles. The van der Waals surface area contributed by atoms with Gasteiger partial charge in [0.2, 0.25) is 5.91 Å². The Balaban J connectivity index is 1.94. The van der Waals surface area contributed by atoms with Gasteiger partial charge in [0.05, 0.1) is 12.1 Å². The second-order valence-electron chi connectivity index (χ2n) is 7.79. The van der Waals surface area contributed by atoms with E-state index >= 15 is 0 Å². The predicted molar refractivity (Wildman–Crippen MR) is 117 cm³/mol. The van der Waals surface area contributed by atoms with Crippen molar-refractivity contribution in [2.45, 2.75) is 39.2 Å². The highest BCUT2D eigenvalue weighted by Gasteiger charge is 2.19. The number of aromatic nitrogens is 1. The van der Waals surface area contributed by atoms with E-state index in [1.54, 1.807) is 12.1 Å². The fourth-order valence-electron chi connectivity index (χ4n) is 4.16. The molecule has 0 saturated heterocycles. The quantitative estimate of drug-likeness (QED) is 0.283. The normalized spacial score (nSPS) is 11.5. The number of carbonyl (C=O) groups is 1. The van der Waals surface area contributed by atoms with Gasteiger partial charge in [-0.15, -0.1) is 0 Å². The van der Waals surface area contributed by atoms with Gasteiger partial charge in [0, 0.05) is 27.4 Å². The van der Waals surface area contributed by atoms with E-state index < -0.39 is 23.4 Å². The van der Waals surface area contributed by atoms with Crippen LogP contribution in [0.1, 0.15) is 47.7 Å². The summed E-state index contributed by atoms with van der Waals surface area (Å²) >= 11 is 0. The number of amides is 1. The van der Waals surface area contributed by atoms with Gasteiger partial charge >= 0.3 is 0 Å². The summed E-state index contributed by atoms with van der Waals surface area (Å²) in [4.78, 5) is 12.1. The Morgan fingerprint density at radius 1 is 0.968 bits per heavy atom. The van der Waals surface area contributed by atoms with Gasteiger partial charge in [0.25, 0.3) is 0 Å².